The van der Waals surface area contributed by atoms with Crippen molar-refractivity contribution in [2.24, 2.45) is 5.92 Å². The van der Waals surface area contributed by atoms with Crippen LogP contribution >= 0.6 is 0 Å². The van der Waals surface area contributed by atoms with Crippen LogP contribution in [0.4, 0.5) is 0 Å². The van der Waals surface area contributed by atoms with Gasteiger partial charge in [-0.05, 0) is 30.4 Å². The third-order valence-electron chi connectivity index (χ3n) is 2.51. The lowest BCUT2D eigenvalue weighted by Crippen LogP contribution is -1.91. The Morgan fingerprint density at radius 3 is 2.85 bits per heavy atom. The Morgan fingerprint density at radius 2 is 2.31 bits per heavy atom. The van der Waals surface area contributed by atoms with Crippen LogP contribution in [-0.4, -0.2) is 11.3 Å². The SMILES string of the molecule is O=Cc1ccc(CCC2CC2)cn1. The van der Waals surface area contributed by atoms with E-state index >= 15 is 0 Å². The first-order chi connectivity index (χ1) is 6.38. The molecule has 0 atom stereocenters. The van der Waals surface area contributed by atoms with Gasteiger partial charge in [-0.25, -0.2) is 0 Å². The van der Waals surface area contributed by atoms with Crippen LogP contribution in [0.1, 0.15) is 35.3 Å². The number of aldehydes is 1. The molecule has 0 amide bonds. The Balaban J connectivity index is 1.91. The molecule has 0 spiro atoms. The lowest BCUT2D eigenvalue weighted by molar-refractivity contribution is 0.111. The Kier molecular flexibility index (Phi) is 2.39. The number of carbonyl (C=O) groups excluding carboxylic acids is 1. The van der Waals surface area contributed by atoms with E-state index in [1.807, 2.05) is 12.3 Å². The Morgan fingerprint density at radius 1 is 1.46 bits per heavy atom. The summed E-state index contributed by atoms with van der Waals surface area (Å²) in [6.07, 6.45) is 7.79. The second kappa shape index (κ2) is 3.69. The van der Waals surface area contributed by atoms with Gasteiger partial charge in [-0.1, -0.05) is 18.9 Å². The van der Waals surface area contributed by atoms with Gasteiger partial charge in [0.05, 0.1) is 0 Å². The standard InChI is InChI=1S/C11H13NO/c13-8-11-6-5-10(7-12-11)4-3-9-1-2-9/h5-9H,1-4H2. The molecule has 1 fully saturated rings. The zero-order valence-corrected chi connectivity index (χ0v) is 7.57. The molecule has 0 bridgehead atoms. The number of hydrogen-bond acceptors (Lipinski definition) is 2. The molecule has 0 unspecified atom stereocenters. The predicted octanol–water partition coefficient (Wildman–Crippen LogP) is 2.24. The highest BCUT2D eigenvalue weighted by molar-refractivity contribution is 5.71. The second-order valence-electron chi connectivity index (χ2n) is 3.69. The minimum Gasteiger partial charge on any atom is -0.296 e. The van der Waals surface area contributed by atoms with Gasteiger partial charge in [0, 0.05) is 6.20 Å². The zero-order chi connectivity index (χ0) is 9.10. The Labute approximate surface area is 78.0 Å². The molecule has 2 rings (SSSR count). The highest BCUT2D eigenvalue weighted by atomic mass is 16.1. The van der Waals surface area contributed by atoms with Crippen molar-refractivity contribution in [1.82, 2.24) is 4.98 Å². The van der Waals surface area contributed by atoms with Gasteiger partial charge in [0.25, 0.3) is 0 Å². The summed E-state index contributed by atoms with van der Waals surface area (Å²) in [4.78, 5) is 14.4. The smallest absolute Gasteiger partial charge is 0.168 e. The van der Waals surface area contributed by atoms with Crippen molar-refractivity contribution in [3.05, 3.63) is 29.6 Å². The van der Waals surface area contributed by atoms with Gasteiger partial charge in [-0.3, -0.25) is 9.78 Å². The molecule has 0 saturated heterocycles. The molecule has 0 aromatic carbocycles. The minimum absolute atomic E-state index is 0.523. The molecule has 1 aromatic heterocycles. The van der Waals surface area contributed by atoms with Crippen LogP contribution < -0.4 is 0 Å². The lowest BCUT2D eigenvalue weighted by atomic mass is 10.1. The molecule has 0 radical (unpaired) electrons. The summed E-state index contributed by atoms with van der Waals surface area (Å²) < 4.78 is 0. The van der Waals surface area contributed by atoms with E-state index in [4.69, 9.17) is 0 Å². The van der Waals surface area contributed by atoms with Crippen molar-refractivity contribution in [1.29, 1.82) is 0 Å². The maximum atomic E-state index is 10.3. The van der Waals surface area contributed by atoms with E-state index in [-0.39, 0.29) is 0 Å². The normalized spacial score (nSPS) is 15.7. The Hall–Kier alpha value is -1.18. The molecule has 1 heterocycles. The first-order valence-electron chi connectivity index (χ1n) is 4.78. The van der Waals surface area contributed by atoms with Crippen molar-refractivity contribution < 1.29 is 4.79 Å². The molecule has 1 aliphatic rings. The average Bonchev–Trinajstić information content (AvgIpc) is 2.99. The van der Waals surface area contributed by atoms with Crippen molar-refractivity contribution in [3.63, 3.8) is 0 Å². The second-order valence-corrected chi connectivity index (χ2v) is 3.69. The van der Waals surface area contributed by atoms with E-state index < -0.39 is 0 Å². The van der Waals surface area contributed by atoms with Crippen LogP contribution in [0.15, 0.2) is 18.3 Å². The highest BCUT2D eigenvalue weighted by Gasteiger charge is 2.20. The van der Waals surface area contributed by atoms with Crippen molar-refractivity contribution in [2.45, 2.75) is 25.7 Å². The fourth-order valence-electron chi connectivity index (χ4n) is 1.43. The molecular formula is C11H13NO. The quantitative estimate of drug-likeness (QED) is 0.657. The van der Waals surface area contributed by atoms with Gasteiger partial charge in [-0.2, -0.15) is 0 Å². The number of pyridine rings is 1. The molecule has 0 N–H and O–H groups in total. The van der Waals surface area contributed by atoms with Crippen LogP contribution in [-0.2, 0) is 6.42 Å². The molecule has 2 nitrogen and oxygen atoms in total. The summed E-state index contributed by atoms with van der Waals surface area (Å²) in [6.45, 7) is 0. The molecular weight excluding hydrogens is 162 g/mol. The number of carbonyl (C=O) groups is 1. The summed E-state index contributed by atoms with van der Waals surface area (Å²) in [5.41, 5.74) is 1.77. The van der Waals surface area contributed by atoms with Gasteiger partial charge in [0.15, 0.2) is 6.29 Å². The van der Waals surface area contributed by atoms with Crippen LogP contribution in [0.5, 0.6) is 0 Å². The molecule has 0 aliphatic heterocycles. The van der Waals surface area contributed by atoms with Gasteiger partial charge >= 0.3 is 0 Å². The van der Waals surface area contributed by atoms with Gasteiger partial charge in [0.2, 0.25) is 0 Å². The van der Waals surface area contributed by atoms with Crippen molar-refractivity contribution in [3.8, 4) is 0 Å². The number of nitrogens with zero attached hydrogens (tertiary/aromatic N) is 1. The third-order valence-corrected chi connectivity index (χ3v) is 2.51. The van der Waals surface area contributed by atoms with E-state index in [0.717, 1.165) is 18.6 Å². The summed E-state index contributed by atoms with van der Waals surface area (Å²) >= 11 is 0. The number of aromatic nitrogens is 1. The van der Waals surface area contributed by atoms with Gasteiger partial charge in [0.1, 0.15) is 5.69 Å². The predicted molar refractivity (Wildman–Crippen MR) is 50.7 cm³/mol. The van der Waals surface area contributed by atoms with Crippen LogP contribution in [0.2, 0.25) is 0 Å². The zero-order valence-electron chi connectivity index (χ0n) is 7.57. The average molecular weight is 175 g/mol. The summed E-state index contributed by atoms with van der Waals surface area (Å²) in [5, 5.41) is 0. The summed E-state index contributed by atoms with van der Waals surface area (Å²) in [6, 6.07) is 3.79. The fraction of sp³-hybridized carbons (Fsp3) is 0.455. The Bertz CT molecular complexity index is 287. The topological polar surface area (TPSA) is 30.0 Å². The molecule has 13 heavy (non-hydrogen) atoms. The number of hydrogen-bond donors (Lipinski definition) is 0. The third kappa shape index (κ3) is 2.38. The first-order valence-corrected chi connectivity index (χ1v) is 4.78. The van der Waals surface area contributed by atoms with Crippen molar-refractivity contribution in [2.75, 3.05) is 0 Å². The first kappa shape index (κ1) is 8.42. The van der Waals surface area contributed by atoms with E-state index in [9.17, 15) is 4.79 Å². The van der Waals surface area contributed by atoms with E-state index in [1.54, 1.807) is 6.07 Å². The number of rotatable bonds is 4. The highest BCUT2D eigenvalue weighted by Crippen LogP contribution is 2.33. The van der Waals surface area contributed by atoms with Crippen LogP contribution in [0.3, 0.4) is 0 Å². The molecule has 68 valence electrons. The minimum atomic E-state index is 0.523. The van der Waals surface area contributed by atoms with E-state index in [1.165, 1.54) is 24.8 Å². The maximum Gasteiger partial charge on any atom is 0.168 e. The van der Waals surface area contributed by atoms with Gasteiger partial charge in [-0.15, -0.1) is 0 Å². The monoisotopic (exact) mass is 175 g/mol. The largest absolute Gasteiger partial charge is 0.296 e. The summed E-state index contributed by atoms with van der Waals surface area (Å²) in [7, 11) is 0. The van der Waals surface area contributed by atoms with Crippen LogP contribution in [0, 0.1) is 5.92 Å². The molecule has 1 aromatic rings. The van der Waals surface area contributed by atoms with Gasteiger partial charge < -0.3 is 0 Å². The van der Waals surface area contributed by atoms with E-state index in [0.29, 0.717) is 5.69 Å². The van der Waals surface area contributed by atoms with Crippen molar-refractivity contribution >= 4 is 6.29 Å². The van der Waals surface area contributed by atoms with Crippen LogP contribution in [0.25, 0.3) is 0 Å². The summed E-state index contributed by atoms with van der Waals surface area (Å²) in [5.74, 6) is 0.964. The lowest BCUT2D eigenvalue weighted by Gasteiger charge is -1.98. The molecule has 2 heteroatoms. The van der Waals surface area contributed by atoms with E-state index in [2.05, 4.69) is 4.98 Å². The fourth-order valence-corrected chi connectivity index (χ4v) is 1.43. The molecule has 1 saturated carbocycles. The maximum absolute atomic E-state index is 10.3. The number of aryl methyl sites for hydroxylation is 1. The molecule has 1 aliphatic carbocycles.